The van der Waals surface area contributed by atoms with Gasteiger partial charge in [0.1, 0.15) is 18.2 Å². The number of halogens is 2. The Balaban J connectivity index is 1.93. The lowest BCUT2D eigenvalue weighted by atomic mass is 10.1. The molecule has 0 unspecified atom stereocenters. The smallest absolute Gasteiger partial charge is 0.136 e. The minimum absolute atomic E-state index is 0.302. The normalized spacial score (nSPS) is 10.9. The highest BCUT2D eigenvalue weighted by Crippen LogP contribution is 2.26. The summed E-state index contributed by atoms with van der Waals surface area (Å²) in [5.41, 5.74) is 2.29. The van der Waals surface area contributed by atoms with Crippen LogP contribution < -0.4 is 10.1 Å². The van der Waals surface area contributed by atoms with Crippen LogP contribution in [0.25, 0.3) is 0 Å². The molecule has 4 heteroatoms. The summed E-state index contributed by atoms with van der Waals surface area (Å²) >= 11 is 3.35. The Morgan fingerprint density at radius 3 is 2.43 bits per heavy atom. The molecule has 0 radical (unpaired) electrons. The molecular weight excluding hydrogens is 333 g/mol. The number of hydrogen-bond acceptors (Lipinski definition) is 2. The Hall–Kier alpha value is -1.39. The lowest BCUT2D eigenvalue weighted by Crippen LogP contribution is -2.21. The van der Waals surface area contributed by atoms with Crippen LogP contribution >= 0.6 is 15.9 Å². The zero-order valence-electron chi connectivity index (χ0n) is 12.2. The van der Waals surface area contributed by atoms with Gasteiger partial charge in [0.25, 0.3) is 0 Å². The van der Waals surface area contributed by atoms with Gasteiger partial charge in [-0.2, -0.15) is 0 Å². The fraction of sp³-hybridized carbons (Fsp3) is 0.294. The van der Waals surface area contributed by atoms with Crippen LogP contribution in [0.3, 0.4) is 0 Å². The molecule has 0 aliphatic heterocycles. The summed E-state index contributed by atoms with van der Waals surface area (Å²) < 4.78 is 19.6. The standard InChI is InChI=1S/C17H19BrFNO/c1-12(2)20-10-13-3-5-14(6-4-13)11-21-17-9-15(19)7-8-16(17)18/h3-9,12,20H,10-11H2,1-2H3. The highest BCUT2D eigenvalue weighted by atomic mass is 79.9. The molecule has 0 spiro atoms. The van der Waals surface area contributed by atoms with Crippen molar-refractivity contribution in [3.8, 4) is 5.75 Å². The van der Waals surface area contributed by atoms with Gasteiger partial charge in [-0.05, 0) is 39.2 Å². The maximum Gasteiger partial charge on any atom is 0.136 e. The summed E-state index contributed by atoms with van der Waals surface area (Å²) in [5, 5.41) is 3.37. The average Bonchev–Trinajstić information content (AvgIpc) is 2.47. The number of benzene rings is 2. The Bertz CT molecular complexity index is 584. The molecule has 1 N–H and O–H groups in total. The first kappa shape index (κ1) is 16.0. The molecule has 0 saturated carbocycles. The zero-order chi connectivity index (χ0) is 15.2. The molecule has 0 heterocycles. The number of hydrogen-bond donors (Lipinski definition) is 1. The molecule has 0 atom stereocenters. The first-order valence-corrected chi connectivity index (χ1v) is 7.73. The molecular formula is C17H19BrFNO. The van der Waals surface area contributed by atoms with Crippen LogP contribution in [-0.4, -0.2) is 6.04 Å². The van der Waals surface area contributed by atoms with Crippen LogP contribution in [0.1, 0.15) is 25.0 Å². The topological polar surface area (TPSA) is 21.3 Å². The number of nitrogens with one attached hydrogen (secondary N) is 1. The van der Waals surface area contributed by atoms with Gasteiger partial charge in [0.2, 0.25) is 0 Å². The lowest BCUT2D eigenvalue weighted by molar-refractivity contribution is 0.302. The summed E-state index contributed by atoms with van der Waals surface area (Å²) in [6.07, 6.45) is 0. The van der Waals surface area contributed by atoms with Gasteiger partial charge < -0.3 is 10.1 Å². The van der Waals surface area contributed by atoms with Gasteiger partial charge in [-0.25, -0.2) is 4.39 Å². The molecule has 2 aromatic carbocycles. The summed E-state index contributed by atoms with van der Waals surface area (Å²) in [4.78, 5) is 0. The second-order valence-electron chi connectivity index (χ2n) is 5.22. The van der Waals surface area contributed by atoms with Crippen molar-refractivity contribution in [1.29, 1.82) is 0 Å². The molecule has 21 heavy (non-hydrogen) atoms. The maximum atomic E-state index is 13.2. The van der Waals surface area contributed by atoms with Crippen LogP contribution in [0.5, 0.6) is 5.75 Å². The van der Waals surface area contributed by atoms with Crippen molar-refractivity contribution in [2.75, 3.05) is 0 Å². The van der Waals surface area contributed by atoms with Gasteiger partial charge in [-0.15, -0.1) is 0 Å². The van der Waals surface area contributed by atoms with Crippen molar-refractivity contribution in [2.24, 2.45) is 0 Å². The van der Waals surface area contributed by atoms with E-state index >= 15 is 0 Å². The molecule has 2 rings (SSSR count). The third kappa shape index (κ3) is 5.14. The zero-order valence-corrected chi connectivity index (χ0v) is 13.8. The predicted octanol–water partition coefficient (Wildman–Crippen LogP) is 4.67. The van der Waals surface area contributed by atoms with Crippen LogP contribution in [-0.2, 0) is 13.2 Å². The van der Waals surface area contributed by atoms with E-state index in [1.165, 1.54) is 17.7 Å². The fourth-order valence-corrected chi connectivity index (χ4v) is 2.19. The Kier molecular flexibility index (Phi) is 5.76. The molecule has 0 amide bonds. The Morgan fingerprint density at radius 2 is 1.76 bits per heavy atom. The van der Waals surface area contributed by atoms with E-state index in [4.69, 9.17) is 4.74 Å². The van der Waals surface area contributed by atoms with Gasteiger partial charge in [0, 0.05) is 18.7 Å². The predicted molar refractivity (Wildman–Crippen MR) is 86.8 cm³/mol. The summed E-state index contributed by atoms with van der Waals surface area (Å²) in [7, 11) is 0. The minimum Gasteiger partial charge on any atom is -0.488 e. The Labute approximate surface area is 133 Å². The lowest BCUT2D eigenvalue weighted by Gasteiger charge is -2.10. The van der Waals surface area contributed by atoms with Crippen molar-refractivity contribution in [3.05, 3.63) is 63.9 Å². The van der Waals surface area contributed by atoms with Crippen molar-refractivity contribution in [1.82, 2.24) is 5.32 Å². The fourth-order valence-electron chi connectivity index (χ4n) is 1.82. The summed E-state index contributed by atoms with van der Waals surface area (Å²) in [6.45, 7) is 5.52. The first-order valence-electron chi connectivity index (χ1n) is 6.93. The molecule has 2 aromatic rings. The van der Waals surface area contributed by atoms with Crippen molar-refractivity contribution >= 4 is 15.9 Å². The van der Waals surface area contributed by atoms with Gasteiger partial charge in [0.05, 0.1) is 4.47 Å². The quantitative estimate of drug-likeness (QED) is 0.816. The summed E-state index contributed by atoms with van der Waals surface area (Å²) in [6, 6.07) is 13.1. The summed E-state index contributed by atoms with van der Waals surface area (Å²) in [5.74, 6) is 0.212. The molecule has 112 valence electrons. The van der Waals surface area contributed by atoms with E-state index in [0.717, 1.165) is 16.6 Å². The highest BCUT2D eigenvalue weighted by Gasteiger charge is 2.04. The molecule has 0 fully saturated rings. The second-order valence-corrected chi connectivity index (χ2v) is 6.07. The van der Waals surface area contributed by atoms with Crippen molar-refractivity contribution < 1.29 is 9.13 Å². The second kappa shape index (κ2) is 7.57. The number of ether oxygens (including phenoxy) is 1. The largest absolute Gasteiger partial charge is 0.488 e. The molecule has 0 aliphatic carbocycles. The SMILES string of the molecule is CC(C)NCc1ccc(COc2cc(F)ccc2Br)cc1. The molecule has 0 aliphatic rings. The van der Waals surface area contributed by atoms with E-state index in [1.54, 1.807) is 6.07 Å². The Morgan fingerprint density at radius 1 is 1.10 bits per heavy atom. The molecule has 0 bridgehead atoms. The van der Waals surface area contributed by atoms with Crippen LogP contribution in [0.15, 0.2) is 46.9 Å². The third-order valence-electron chi connectivity index (χ3n) is 3.02. The van der Waals surface area contributed by atoms with Gasteiger partial charge >= 0.3 is 0 Å². The van der Waals surface area contributed by atoms with Crippen LogP contribution in [0, 0.1) is 5.82 Å². The van der Waals surface area contributed by atoms with Gasteiger partial charge in [-0.3, -0.25) is 0 Å². The van der Waals surface area contributed by atoms with Gasteiger partial charge in [-0.1, -0.05) is 38.1 Å². The minimum atomic E-state index is -0.302. The van der Waals surface area contributed by atoms with E-state index in [9.17, 15) is 4.39 Å². The average molecular weight is 352 g/mol. The van der Waals surface area contributed by atoms with Crippen LogP contribution in [0.2, 0.25) is 0 Å². The monoisotopic (exact) mass is 351 g/mol. The van der Waals surface area contributed by atoms with E-state index in [-0.39, 0.29) is 5.82 Å². The molecule has 0 aromatic heterocycles. The van der Waals surface area contributed by atoms with E-state index in [0.29, 0.717) is 18.4 Å². The van der Waals surface area contributed by atoms with Crippen molar-refractivity contribution in [3.63, 3.8) is 0 Å². The van der Waals surface area contributed by atoms with Crippen molar-refractivity contribution in [2.45, 2.75) is 33.0 Å². The van der Waals surface area contributed by atoms with E-state index < -0.39 is 0 Å². The third-order valence-corrected chi connectivity index (χ3v) is 3.68. The van der Waals surface area contributed by atoms with E-state index in [2.05, 4.69) is 47.2 Å². The number of rotatable bonds is 6. The molecule has 2 nitrogen and oxygen atoms in total. The molecule has 0 saturated heterocycles. The van der Waals surface area contributed by atoms with Crippen LogP contribution in [0.4, 0.5) is 4.39 Å². The maximum absolute atomic E-state index is 13.2. The van der Waals surface area contributed by atoms with E-state index in [1.807, 2.05) is 12.1 Å². The highest BCUT2D eigenvalue weighted by molar-refractivity contribution is 9.10. The van der Waals surface area contributed by atoms with Gasteiger partial charge in [0.15, 0.2) is 0 Å². The first-order chi connectivity index (χ1) is 10.0.